The Kier molecular flexibility index (Phi) is 10.4. The van der Waals surface area contributed by atoms with Gasteiger partial charge in [0.15, 0.2) is 22.2 Å². The Labute approximate surface area is 353 Å². The Morgan fingerprint density at radius 1 is 0.683 bits per heavy atom. The summed E-state index contributed by atoms with van der Waals surface area (Å²) in [6.07, 6.45) is 8.06. The average Bonchev–Trinajstić information content (AvgIpc) is 3.85. The van der Waals surface area contributed by atoms with Gasteiger partial charge in [-0.2, -0.15) is 10.2 Å². The van der Waals surface area contributed by atoms with Crippen molar-refractivity contribution in [1.82, 2.24) is 29.2 Å². The predicted molar refractivity (Wildman–Crippen MR) is 235 cm³/mol. The highest BCUT2D eigenvalue weighted by Gasteiger charge is 2.35. The van der Waals surface area contributed by atoms with Gasteiger partial charge in [-0.05, 0) is 62.6 Å². The molecule has 302 valence electrons. The summed E-state index contributed by atoms with van der Waals surface area (Å²) in [7, 11) is 1.36. The fourth-order valence-electron chi connectivity index (χ4n) is 8.17. The van der Waals surface area contributed by atoms with E-state index < -0.39 is 5.97 Å². The molecule has 4 aromatic heterocycles. The molecule has 0 amide bonds. The average molecular weight is 817 g/mol. The fraction of sp³-hybridized carbons (Fsp3) is 0.229. The van der Waals surface area contributed by atoms with E-state index in [2.05, 4.69) is 46.6 Å². The lowest BCUT2D eigenvalue weighted by molar-refractivity contribution is 0.0602. The van der Waals surface area contributed by atoms with Gasteiger partial charge in [0.2, 0.25) is 0 Å². The van der Waals surface area contributed by atoms with Crippen LogP contribution in [0.3, 0.4) is 0 Å². The number of imidazole rings is 2. The summed E-state index contributed by atoms with van der Waals surface area (Å²) in [4.78, 5) is 22.1. The smallest absolute Gasteiger partial charge is 0.341 e. The van der Waals surface area contributed by atoms with Crippen molar-refractivity contribution in [2.24, 2.45) is 11.5 Å². The van der Waals surface area contributed by atoms with Gasteiger partial charge in [0, 0.05) is 45.6 Å². The van der Waals surface area contributed by atoms with Crippen LogP contribution in [0.1, 0.15) is 66.9 Å². The summed E-state index contributed by atoms with van der Waals surface area (Å²) in [5.74, 6) is 0.178. The van der Waals surface area contributed by atoms with Crippen molar-refractivity contribution in [3.63, 3.8) is 0 Å². The topological polar surface area (TPSA) is 148 Å². The summed E-state index contributed by atoms with van der Waals surface area (Å²) in [5, 5.41) is 9.39. The van der Waals surface area contributed by atoms with Crippen molar-refractivity contribution in [2.75, 3.05) is 13.7 Å². The van der Waals surface area contributed by atoms with E-state index in [4.69, 9.17) is 42.5 Å². The zero-order chi connectivity index (χ0) is 41.4. The van der Waals surface area contributed by atoms with E-state index in [1.54, 1.807) is 27.4 Å². The second-order valence-corrected chi connectivity index (χ2v) is 15.9. The van der Waals surface area contributed by atoms with E-state index in [1.807, 2.05) is 79.7 Å². The first-order chi connectivity index (χ1) is 29.2. The maximum Gasteiger partial charge on any atom is 0.341 e. The minimum Gasteiger partial charge on any atom is -0.490 e. The number of aromatic nitrogens is 6. The number of carbonyl (C=O) groups is 1. The normalized spacial score (nSPS) is 15.1. The standard InChI is InChI=1S/C24H23ClN4O.C24H22N4O2/c1-2-30-19-15-20(25)28-29-22(17-7-4-3-5-8-17)21(27-23(19)29)16-9-11-18(12-10-16)24(26)13-6-14-24;1-30-23(29)19-12-15-26-28-21(17-6-3-2-4-7-17)20(27-22(19)28)16-8-10-18(11-9-16)24(25)13-5-14-24/h3-5,7-12,15H,2,6,13-14,26H2,1H3;2-4,6-12,15H,5,13-14,25H2,1H3. The van der Waals surface area contributed by atoms with E-state index in [9.17, 15) is 4.79 Å². The molecular formula is C48H45ClN8O3. The summed E-state index contributed by atoms with van der Waals surface area (Å²) >= 11 is 6.31. The summed E-state index contributed by atoms with van der Waals surface area (Å²) < 4.78 is 14.2. The number of hydrogen-bond donors (Lipinski definition) is 2. The molecule has 4 heterocycles. The van der Waals surface area contributed by atoms with Crippen LogP contribution in [-0.4, -0.2) is 48.9 Å². The molecule has 8 aromatic rings. The number of carbonyl (C=O) groups excluding carboxylic acids is 1. The molecule has 2 fully saturated rings. The van der Waals surface area contributed by atoms with Gasteiger partial charge in [0.05, 0.1) is 25.1 Å². The summed E-state index contributed by atoms with van der Waals surface area (Å²) in [6.45, 7) is 2.46. The van der Waals surface area contributed by atoms with Gasteiger partial charge in [-0.3, -0.25) is 0 Å². The molecule has 2 aliphatic rings. The minimum absolute atomic E-state index is 0.184. The van der Waals surface area contributed by atoms with Crippen LogP contribution in [0, 0.1) is 0 Å². The molecule has 2 saturated carbocycles. The first-order valence-corrected chi connectivity index (χ1v) is 20.7. The van der Waals surface area contributed by atoms with Crippen LogP contribution >= 0.6 is 11.6 Å². The number of esters is 1. The molecule has 0 saturated heterocycles. The number of fused-ring (bicyclic) bond motifs is 2. The maximum atomic E-state index is 12.3. The van der Waals surface area contributed by atoms with Gasteiger partial charge < -0.3 is 20.9 Å². The Balaban J connectivity index is 0.000000154. The van der Waals surface area contributed by atoms with Gasteiger partial charge in [0.1, 0.15) is 17.0 Å². The largest absolute Gasteiger partial charge is 0.490 e. The first kappa shape index (κ1) is 39.1. The third kappa shape index (κ3) is 7.08. The number of rotatable bonds is 9. The van der Waals surface area contributed by atoms with Gasteiger partial charge in [0.25, 0.3) is 0 Å². The van der Waals surface area contributed by atoms with Crippen LogP contribution in [0.2, 0.25) is 5.15 Å². The lowest BCUT2D eigenvalue weighted by Crippen LogP contribution is -2.43. The number of nitrogens with two attached hydrogens (primary N) is 2. The van der Waals surface area contributed by atoms with Crippen LogP contribution < -0.4 is 16.2 Å². The molecular weight excluding hydrogens is 772 g/mol. The molecule has 0 spiro atoms. The lowest BCUT2D eigenvalue weighted by Gasteiger charge is -2.38. The number of ether oxygens (including phenoxy) is 2. The monoisotopic (exact) mass is 816 g/mol. The Morgan fingerprint density at radius 3 is 1.65 bits per heavy atom. The molecule has 12 heteroatoms. The Bertz CT molecular complexity index is 2810. The predicted octanol–water partition coefficient (Wildman–Crippen LogP) is 9.64. The molecule has 0 aliphatic heterocycles. The van der Waals surface area contributed by atoms with Crippen molar-refractivity contribution < 1.29 is 14.3 Å². The Morgan fingerprint density at radius 2 is 1.18 bits per heavy atom. The molecule has 2 aliphatic carbocycles. The van der Waals surface area contributed by atoms with Gasteiger partial charge in [-0.1, -0.05) is 121 Å². The van der Waals surface area contributed by atoms with Gasteiger partial charge >= 0.3 is 5.97 Å². The minimum atomic E-state index is -0.441. The maximum absolute atomic E-state index is 12.3. The van der Waals surface area contributed by atoms with Gasteiger partial charge in [-0.15, -0.1) is 0 Å². The SMILES string of the molecule is CCOc1cc(Cl)nn2c(-c3ccccc3)c(-c3ccc(C4(N)CCC4)cc3)nc12.COC(=O)c1ccnn2c(-c3ccccc3)c(-c3ccc(C4(N)CCC4)cc3)nc12. The quantitative estimate of drug-likeness (QED) is 0.136. The second-order valence-electron chi connectivity index (χ2n) is 15.5. The zero-order valence-corrected chi connectivity index (χ0v) is 34.3. The number of benzene rings is 4. The molecule has 4 N–H and O–H groups in total. The van der Waals surface area contributed by atoms with Crippen LogP contribution in [0.5, 0.6) is 5.75 Å². The van der Waals surface area contributed by atoms with Crippen LogP contribution in [0.15, 0.2) is 128 Å². The van der Waals surface area contributed by atoms with Crippen LogP contribution in [0.25, 0.3) is 56.3 Å². The van der Waals surface area contributed by atoms with Crippen LogP contribution in [-0.2, 0) is 15.8 Å². The number of halogens is 1. The van der Waals surface area contributed by atoms with E-state index in [0.717, 1.165) is 76.3 Å². The molecule has 4 aromatic carbocycles. The van der Waals surface area contributed by atoms with Crippen LogP contribution in [0.4, 0.5) is 0 Å². The number of nitrogens with zero attached hydrogens (tertiary/aromatic N) is 6. The van der Waals surface area contributed by atoms with E-state index in [1.165, 1.54) is 25.5 Å². The molecule has 0 unspecified atom stereocenters. The van der Waals surface area contributed by atoms with E-state index in [0.29, 0.717) is 34.4 Å². The highest BCUT2D eigenvalue weighted by molar-refractivity contribution is 6.29. The van der Waals surface area contributed by atoms with Crippen molar-refractivity contribution in [2.45, 2.75) is 56.5 Å². The van der Waals surface area contributed by atoms with Crippen molar-refractivity contribution in [1.29, 1.82) is 0 Å². The molecule has 0 radical (unpaired) electrons. The highest BCUT2D eigenvalue weighted by atomic mass is 35.5. The number of methoxy groups -OCH3 is 1. The van der Waals surface area contributed by atoms with Crippen molar-refractivity contribution in [3.8, 4) is 50.8 Å². The third-order valence-electron chi connectivity index (χ3n) is 11.8. The van der Waals surface area contributed by atoms with E-state index in [-0.39, 0.29) is 11.1 Å². The summed E-state index contributed by atoms with van der Waals surface area (Å²) in [6, 6.07) is 40.1. The summed E-state index contributed by atoms with van der Waals surface area (Å²) in [5.41, 5.74) is 23.6. The second kappa shape index (κ2) is 16.0. The first-order valence-electron chi connectivity index (χ1n) is 20.3. The highest BCUT2D eigenvalue weighted by Crippen LogP contribution is 2.42. The fourth-order valence-corrected chi connectivity index (χ4v) is 8.35. The zero-order valence-electron chi connectivity index (χ0n) is 33.5. The lowest BCUT2D eigenvalue weighted by atomic mass is 9.72. The molecule has 60 heavy (non-hydrogen) atoms. The molecule has 10 rings (SSSR count). The molecule has 11 nitrogen and oxygen atoms in total. The third-order valence-corrected chi connectivity index (χ3v) is 12.0. The van der Waals surface area contributed by atoms with Crippen molar-refractivity contribution in [3.05, 3.63) is 149 Å². The molecule has 0 atom stereocenters. The van der Waals surface area contributed by atoms with E-state index >= 15 is 0 Å². The Hall–Kier alpha value is -6.40. The molecule has 0 bridgehead atoms. The van der Waals surface area contributed by atoms with Crippen molar-refractivity contribution >= 4 is 28.9 Å². The van der Waals surface area contributed by atoms with Gasteiger partial charge in [-0.25, -0.2) is 23.8 Å². The number of hydrogen-bond acceptors (Lipinski definition) is 9.